The number of aryl methyl sites for hydroxylation is 1. The van der Waals surface area contributed by atoms with E-state index < -0.39 is 0 Å². The van der Waals surface area contributed by atoms with Crippen molar-refractivity contribution < 1.29 is 4.79 Å². The third kappa shape index (κ3) is 3.30. The van der Waals surface area contributed by atoms with Crippen molar-refractivity contribution in [3.8, 4) is 6.07 Å². The van der Waals surface area contributed by atoms with Gasteiger partial charge in [-0.25, -0.2) is 9.97 Å². The molecule has 1 unspecified atom stereocenters. The monoisotopic (exact) mass is 287 g/mol. The fourth-order valence-electron chi connectivity index (χ4n) is 2.56. The molecule has 0 spiro atoms. The smallest absolute Gasteiger partial charge is 0.245 e. The standard InChI is InChI=1S/C15H21N5O/c1-10(2)9-19-5-6-20(12(4)14(19)21)15-17-11(3)7-13(8-16)18-15/h7,10,12H,5-6,9H2,1-4H3. The van der Waals surface area contributed by atoms with Crippen molar-refractivity contribution in [1.82, 2.24) is 14.9 Å². The predicted molar refractivity (Wildman–Crippen MR) is 79.7 cm³/mol. The van der Waals surface area contributed by atoms with E-state index >= 15 is 0 Å². The van der Waals surface area contributed by atoms with Crippen LogP contribution in [0.3, 0.4) is 0 Å². The van der Waals surface area contributed by atoms with Gasteiger partial charge >= 0.3 is 0 Å². The van der Waals surface area contributed by atoms with E-state index in [0.29, 0.717) is 30.6 Å². The van der Waals surface area contributed by atoms with Gasteiger partial charge in [-0.3, -0.25) is 4.79 Å². The molecule has 1 aliphatic heterocycles. The first kappa shape index (κ1) is 15.2. The molecule has 0 bridgehead atoms. The van der Waals surface area contributed by atoms with Crippen molar-refractivity contribution >= 4 is 11.9 Å². The zero-order valence-electron chi connectivity index (χ0n) is 13.0. The molecule has 0 saturated carbocycles. The highest BCUT2D eigenvalue weighted by molar-refractivity contribution is 5.85. The van der Waals surface area contributed by atoms with Crippen LogP contribution in [0.1, 0.15) is 32.2 Å². The maximum absolute atomic E-state index is 12.4. The summed E-state index contributed by atoms with van der Waals surface area (Å²) in [5, 5.41) is 9.01. The SMILES string of the molecule is Cc1cc(C#N)nc(N2CCN(CC(C)C)C(=O)C2C)n1. The summed E-state index contributed by atoms with van der Waals surface area (Å²) in [6.45, 7) is 10.0. The third-order valence-electron chi connectivity index (χ3n) is 3.55. The van der Waals surface area contributed by atoms with Crippen LogP contribution in [0.2, 0.25) is 0 Å². The van der Waals surface area contributed by atoms with Gasteiger partial charge in [0.1, 0.15) is 17.8 Å². The molecule has 1 aromatic heterocycles. The topological polar surface area (TPSA) is 73.1 Å². The second-order valence-corrected chi connectivity index (χ2v) is 5.85. The van der Waals surface area contributed by atoms with Gasteiger partial charge in [0, 0.05) is 25.3 Å². The first-order chi connectivity index (χ1) is 9.92. The molecule has 0 aromatic carbocycles. The molecule has 0 radical (unpaired) electrons. The molecule has 6 nitrogen and oxygen atoms in total. The maximum Gasteiger partial charge on any atom is 0.245 e. The zero-order chi connectivity index (χ0) is 15.6. The van der Waals surface area contributed by atoms with Gasteiger partial charge in [-0.05, 0) is 25.8 Å². The number of rotatable bonds is 3. The lowest BCUT2D eigenvalue weighted by Gasteiger charge is -2.39. The van der Waals surface area contributed by atoms with Gasteiger partial charge in [-0.2, -0.15) is 5.26 Å². The fraction of sp³-hybridized carbons (Fsp3) is 0.600. The Morgan fingerprint density at radius 3 is 2.76 bits per heavy atom. The third-order valence-corrected chi connectivity index (χ3v) is 3.55. The summed E-state index contributed by atoms with van der Waals surface area (Å²) >= 11 is 0. The van der Waals surface area contributed by atoms with E-state index in [1.54, 1.807) is 6.07 Å². The molecule has 1 atom stereocenters. The van der Waals surface area contributed by atoms with Crippen LogP contribution in [0.15, 0.2) is 6.07 Å². The summed E-state index contributed by atoms with van der Waals surface area (Å²) in [4.78, 5) is 24.8. The van der Waals surface area contributed by atoms with Gasteiger partial charge < -0.3 is 9.80 Å². The molecule has 2 rings (SSSR count). The molecule has 1 saturated heterocycles. The molecule has 1 fully saturated rings. The number of carbonyl (C=O) groups is 1. The Morgan fingerprint density at radius 2 is 2.14 bits per heavy atom. The minimum Gasteiger partial charge on any atom is -0.339 e. The minimum atomic E-state index is -0.300. The second kappa shape index (κ2) is 6.08. The zero-order valence-corrected chi connectivity index (χ0v) is 13.0. The average molecular weight is 287 g/mol. The number of nitriles is 1. The van der Waals surface area contributed by atoms with E-state index in [0.717, 1.165) is 12.2 Å². The molecule has 21 heavy (non-hydrogen) atoms. The number of hydrogen-bond donors (Lipinski definition) is 0. The molecule has 0 aliphatic carbocycles. The second-order valence-electron chi connectivity index (χ2n) is 5.85. The predicted octanol–water partition coefficient (Wildman–Crippen LogP) is 1.35. The highest BCUT2D eigenvalue weighted by atomic mass is 16.2. The van der Waals surface area contributed by atoms with Crippen molar-refractivity contribution in [2.24, 2.45) is 5.92 Å². The number of amides is 1. The van der Waals surface area contributed by atoms with E-state index in [2.05, 4.69) is 23.8 Å². The summed E-state index contributed by atoms with van der Waals surface area (Å²) in [6, 6.07) is 3.38. The van der Waals surface area contributed by atoms with Gasteiger partial charge in [-0.15, -0.1) is 0 Å². The Bertz CT molecular complexity index is 578. The number of hydrogen-bond acceptors (Lipinski definition) is 5. The van der Waals surface area contributed by atoms with Crippen molar-refractivity contribution in [3.05, 3.63) is 17.5 Å². The van der Waals surface area contributed by atoms with Crippen LogP contribution >= 0.6 is 0 Å². The van der Waals surface area contributed by atoms with Crippen LogP contribution in [-0.2, 0) is 4.79 Å². The first-order valence-corrected chi connectivity index (χ1v) is 7.23. The van der Waals surface area contributed by atoms with E-state index in [9.17, 15) is 4.79 Å². The Kier molecular flexibility index (Phi) is 4.41. The lowest BCUT2D eigenvalue weighted by Crippen LogP contribution is -2.57. The van der Waals surface area contributed by atoms with Gasteiger partial charge in [0.15, 0.2) is 0 Å². The lowest BCUT2D eigenvalue weighted by atomic mass is 10.1. The van der Waals surface area contributed by atoms with Gasteiger partial charge in [-0.1, -0.05) is 13.8 Å². The molecule has 1 aliphatic rings. The highest BCUT2D eigenvalue weighted by Crippen LogP contribution is 2.19. The lowest BCUT2D eigenvalue weighted by molar-refractivity contribution is -0.134. The molecular formula is C15H21N5O. The maximum atomic E-state index is 12.4. The molecule has 112 valence electrons. The number of anilines is 1. The van der Waals surface area contributed by atoms with Gasteiger partial charge in [0.05, 0.1) is 0 Å². The van der Waals surface area contributed by atoms with Crippen molar-refractivity contribution in [2.45, 2.75) is 33.7 Å². The van der Waals surface area contributed by atoms with Crippen molar-refractivity contribution in [1.29, 1.82) is 5.26 Å². The Hall–Kier alpha value is -2.16. The summed E-state index contributed by atoms with van der Waals surface area (Å²) in [6.07, 6.45) is 0. The van der Waals surface area contributed by atoms with Crippen LogP contribution in [0.5, 0.6) is 0 Å². The Morgan fingerprint density at radius 1 is 1.43 bits per heavy atom. The number of aromatic nitrogens is 2. The Balaban J connectivity index is 2.22. The van der Waals surface area contributed by atoms with Crippen molar-refractivity contribution in [2.75, 3.05) is 24.5 Å². The number of carbonyl (C=O) groups excluding carboxylic acids is 1. The van der Waals surface area contributed by atoms with E-state index in [1.807, 2.05) is 29.7 Å². The van der Waals surface area contributed by atoms with Crippen LogP contribution < -0.4 is 4.90 Å². The van der Waals surface area contributed by atoms with Crippen LogP contribution in [0.4, 0.5) is 5.95 Å². The summed E-state index contributed by atoms with van der Waals surface area (Å²) in [7, 11) is 0. The van der Waals surface area contributed by atoms with Crippen LogP contribution in [-0.4, -0.2) is 46.5 Å². The molecular weight excluding hydrogens is 266 g/mol. The Labute approximate surface area is 125 Å². The van der Waals surface area contributed by atoms with E-state index in [1.165, 1.54) is 0 Å². The normalized spacial score (nSPS) is 19.0. The van der Waals surface area contributed by atoms with Crippen molar-refractivity contribution in [3.63, 3.8) is 0 Å². The van der Waals surface area contributed by atoms with Crippen LogP contribution in [0.25, 0.3) is 0 Å². The molecule has 0 N–H and O–H groups in total. The van der Waals surface area contributed by atoms with Crippen LogP contribution in [0, 0.1) is 24.2 Å². The number of nitrogens with zero attached hydrogens (tertiary/aromatic N) is 5. The van der Waals surface area contributed by atoms with Gasteiger partial charge in [0.25, 0.3) is 0 Å². The number of piperazine rings is 1. The largest absolute Gasteiger partial charge is 0.339 e. The minimum absolute atomic E-state index is 0.0959. The van der Waals surface area contributed by atoms with E-state index in [-0.39, 0.29) is 11.9 Å². The van der Waals surface area contributed by atoms with Gasteiger partial charge in [0.2, 0.25) is 11.9 Å². The highest BCUT2D eigenvalue weighted by Gasteiger charge is 2.33. The summed E-state index contributed by atoms with van der Waals surface area (Å²) in [5.74, 6) is 1.02. The molecule has 6 heteroatoms. The average Bonchev–Trinajstić information content (AvgIpc) is 2.43. The summed E-state index contributed by atoms with van der Waals surface area (Å²) < 4.78 is 0. The summed E-state index contributed by atoms with van der Waals surface area (Å²) in [5.41, 5.74) is 1.07. The fourth-order valence-corrected chi connectivity index (χ4v) is 2.56. The molecule has 2 heterocycles. The molecule has 1 amide bonds. The van der Waals surface area contributed by atoms with E-state index in [4.69, 9.17) is 5.26 Å². The molecule has 1 aromatic rings. The first-order valence-electron chi connectivity index (χ1n) is 7.23. The quantitative estimate of drug-likeness (QED) is 0.839.